The number of hydrogen-bond donors (Lipinski definition) is 0. The van der Waals surface area contributed by atoms with Gasteiger partial charge in [-0.25, -0.2) is 0 Å². The molecule has 3 aliphatic carbocycles. The first-order valence-corrected chi connectivity index (χ1v) is 11.7. The summed E-state index contributed by atoms with van der Waals surface area (Å²) in [6.07, 6.45) is 27.7. The Morgan fingerprint density at radius 3 is 1.29 bits per heavy atom. The molecular formula is C24H44. The predicted molar refractivity (Wildman–Crippen MR) is 106 cm³/mol. The van der Waals surface area contributed by atoms with Gasteiger partial charge in [-0.15, -0.1) is 0 Å². The average molecular weight is 333 g/mol. The van der Waals surface area contributed by atoms with E-state index in [9.17, 15) is 0 Å². The molecule has 0 unspecified atom stereocenters. The summed E-state index contributed by atoms with van der Waals surface area (Å²) in [4.78, 5) is 0. The van der Waals surface area contributed by atoms with Crippen LogP contribution in [-0.4, -0.2) is 0 Å². The normalized spacial score (nSPS) is 39.2. The van der Waals surface area contributed by atoms with Gasteiger partial charge in [0.15, 0.2) is 0 Å². The monoisotopic (exact) mass is 332 g/mol. The van der Waals surface area contributed by atoms with Gasteiger partial charge in [0, 0.05) is 0 Å². The molecule has 0 bridgehead atoms. The first kappa shape index (κ1) is 18.8. The second kappa shape index (κ2) is 8.59. The molecule has 0 atom stereocenters. The van der Waals surface area contributed by atoms with E-state index in [-0.39, 0.29) is 0 Å². The van der Waals surface area contributed by atoms with Crippen LogP contribution in [0.2, 0.25) is 0 Å². The molecule has 0 N–H and O–H groups in total. The van der Waals surface area contributed by atoms with E-state index in [1.54, 1.807) is 64.2 Å². The molecule has 2 spiro atoms. The molecule has 0 saturated heterocycles. The molecule has 3 aliphatic rings. The van der Waals surface area contributed by atoms with Gasteiger partial charge >= 0.3 is 0 Å². The summed E-state index contributed by atoms with van der Waals surface area (Å²) in [6, 6.07) is 0. The molecule has 0 aliphatic heterocycles. The highest BCUT2D eigenvalue weighted by molar-refractivity contribution is 5.06. The van der Waals surface area contributed by atoms with Crippen LogP contribution in [0.15, 0.2) is 0 Å². The lowest BCUT2D eigenvalue weighted by molar-refractivity contribution is -0.102. The first-order valence-electron chi connectivity index (χ1n) is 11.7. The maximum Gasteiger partial charge on any atom is -0.0287 e. The van der Waals surface area contributed by atoms with E-state index in [1.807, 2.05) is 0 Å². The Kier molecular flexibility index (Phi) is 6.72. The molecular weight excluding hydrogens is 288 g/mol. The Bertz CT molecular complexity index is 308. The summed E-state index contributed by atoms with van der Waals surface area (Å²) in [5, 5.41) is 0. The third kappa shape index (κ3) is 4.59. The molecule has 0 amide bonds. The summed E-state index contributed by atoms with van der Waals surface area (Å²) >= 11 is 0. The van der Waals surface area contributed by atoms with Crippen LogP contribution in [-0.2, 0) is 0 Å². The summed E-state index contributed by atoms with van der Waals surface area (Å²) in [7, 11) is 0. The average Bonchev–Trinajstić information content (AvgIpc) is 2.58. The Balaban J connectivity index is 1.34. The molecule has 0 aromatic rings. The van der Waals surface area contributed by atoms with E-state index in [2.05, 4.69) is 13.8 Å². The molecule has 3 rings (SSSR count). The summed E-state index contributed by atoms with van der Waals surface area (Å²) < 4.78 is 0. The second-order valence-corrected chi connectivity index (χ2v) is 10.2. The van der Waals surface area contributed by atoms with Crippen molar-refractivity contribution >= 4 is 0 Å². The highest BCUT2D eigenvalue weighted by Crippen LogP contribution is 2.67. The molecule has 0 nitrogen and oxygen atoms in total. The van der Waals surface area contributed by atoms with Gasteiger partial charge in [0.25, 0.3) is 0 Å². The van der Waals surface area contributed by atoms with Crippen molar-refractivity contribution in [2.24, 2.45) is 22.7 Å². The summed E-state index contributed by atoms with van der Waals surface area (Å²) in [5.74, 6) is 2.18. The number of unbranched alkanes of at least 4 members (excludes halogenated alkanes) is 4. The lowest BCUT2D eigenvalue weighted by atomic mass is 9.44. The Morgan fingerprint density at radius 2 is 0.958 bits per heavy atom. The molecule has 0 aromatic carbocycles. The smallest absolute Gasteiger partial charge is 0.0287 e. The lowest BCUT2D eigenvalue weighted by Gasteiger charge is -2.61. The highest BCUT2D eigenvalue weighted by Gasteiger charge is 2.55. The molecule has 0 radical (unpaired) electrons. The Hall–Kier alpha value is 0. The van der Waals surface area contributed by atoms with E-state index in [4.69, 9.17) is 0 Å². The number of rotatable bonds is 8. The SMILES string of the molecule is CCCCCC1CCC2(CC1)CC1(CCC(CCCCC)CC1)C2. The molecule has 140 valence electrons. The van der Waals surface area contributed by atoms with Crippen LogP contribution in [0.5, 0.6) is 0 Å². The summed E-state index contributed by atoms with van der Waals surface area (Å²) in [6.45, 7) is 4.67. The first-order chi connectivity index (χ1) is 11.7. The van der Waals surface area contributed by atoms with Crippen molar-refractivity contribution in [1.29, 1.82) is 0 Å². The van der Waals surface area contributed by atoms with Gasteiger partial charge in [-0.2, -0.15) is 0 Å². The number of hydrogen-bond acceptors (Lipinski definition) is 0. The van der Waals surface area contributed by atoms with Crippen molar-refractivity contribution in [3.63, 3.8) is 0 Å². The third-order valence-electron chi connectivity index (χ3n) is 8.26. The molecule has 3 fully saturated rings. The minimum atomic E-state index is 0.830. The lowest BCUT2D eigenvalue weighted by Crippen LogP contribution is -2.49. The van der Waals surface area contributed by atoms with Crippen molar-refractivity contribution in [2.45, 2.75) is 129 Å². The highest BCUT2D eigenvalue weighted by atomic mass is 14.6. The fourth-order valence-corrected chi connectivity index (χ4v) is 6.77. The molecule has 24 heavy (non-hydrogen) atoms. The Labute approximate surface area is 152 Å². The molecule has 3 saturated carbocycles. The minimum Gasteiger partial charge on any atom is -0.0654 e. The topological polar surface area (TPSA) is 0 Å². The zero-order valence-electron chi connectivity index (χ0n) is 16.9. The second-order valence-electron chi connectivity index (χ2n) is 10.2. The predicted octanol–water partition coefficient (Wildman–Crippen LogP) is 8.29. The van der Waals surface area contributed by atoms with Crippen molar-refractivity contribution in [3.05, 3.63) is 0 Å². The van der Waals surface area contributed by atoms with E-state index < -0.39 is 0 Å². The van der Waals surface area contributed by atoms with Crippen LogP contribution >= 0.6 is 0 Å². The molecule has 0 heterocycles. The molecule has 0 aromatic heterocycles. The third-order valence-corrected chi connectivity index (χ3v) is 8.26. The van der Waals surface area contributed by atoms with Crippen molar-refractivity contribution in [2.75, 3.05) is 0 Å². The van der Waals surface area contributed by atoms with Gasteiger partial charge < -0.3 is 0 Å². The quantitative estimate of drug-likeness (QED) is 0.392. The van der Waals surface area contributed by atoms with Crippen molar-refractivity contribution in [3.8, 4) is 0 Å². The van der Waals surface area contributed by atoms with Crippen LogP contribution in [0.4, 0.5) is 0 Å². The fraction of sp³-hybridized carbons (Fsp3) is 1.00. The van der Waals surface area contributed by atoms with Gasteiger partial charge in [-0.05, 0) is 86.9 Å². The van der Waals surface area contributed by atoms with E-state index in [0.717, 1.165) is 22.7 Å². The Morgan fingerprint density at radius 1 is 0.583 bits per heavy atom. The largest absolute Gasteiger partial charge is 0.0654 e. The van der Waals surface area contributed by atoms with Gasteiger partial charge in [-0.3, -0.25) is 0 Å². The summed E-state index contributed by atoms with van der Waals surface area (Å²) in [5.41, 5.74) is 1.66. The van der Waals surface area contributed by atoms with Gasteiger partial charge in [0.05, 0.1) is 0 Å². The van der Waals surface area contributed by atoms with Gasteiger partial charge in [0.1, 0.15) is 0 Å². The van der Waals surface area contributed by atoms with Crippen LogP contribution in [0, 0.1) is 22.7 Å². The van der Waals surface area contributed by atoms with Crippen molar-refractivity contribution in [1.82, 2.24) is 0 Å². The zero-order valence-corrected chi connectivity index (χ0v) is 16.9. The zero-order chi connectivity index (χ0) is 16.9. The van der Waals surface area contributed by atoms with Crippen LogP contribution in [0.3, 0.4) is 0 Å². The molecule has 0 heteroatoms. The van der Waals surface area contributed by atoms with Crippen LogP contribution in [0.1, 0.15) is 129 Å². The maximum absolute atomic E-state index is 2.34. The van der Waals surface area contributed by atoms with E-state index >= 15 is 0 Å². The van der Waals surface area contributed by atoms with E-state index in [0.29, 0.717) is 0 Å². The van der Waals surface area contributed by atoms with Gasteiger partial charge in [-0.1, -0.05) is 65.2 Å². The van der Waals surface area contributed by atoms with Crippen LogP contribution in [0.25, 0.3) is 0 Å². The van der Waals surface area contributed by atoms with Crippen LogP contribution < -0.4 is 0 Å². The van der Waals surface area contributed by atoms with E-state index in [1.165, 1.54) is 51.4 Å². The van der Waals surface area contributed by atoms with Gasteiger partial charge in [0.2, 0.25) is 0 Å². The minimum absolute atomic E-state index is 0.830. The standard InChI is InChI=1S/C24H44/c1-3-5-7-9-21-11-15-23(16-12-21)19-24(20-23)17-13-22(14-18-24)10-8-6-4-2/h21-22H,3-20H2,1-2H3. The fourth-order valence-electron chi connectivity index (χ4n) is 6.77. The van der Waals surface area contributed by atoms with Crippen molar-refractivity contribution < 1.29 is 0 Å². The maximum atomic E-state index is 2.34.